The molecule has 1 aliphatic heterocycles. The van der Waals surface area contributed by atoms with Crippen LogP contribution in [-0.2, 0) is 29.2 Å². The maximum atomic E-state index is 13.0. The number of carbonyl (C=O) groups is 1. The van der Waals surface area contributed by atoms with Crippen LogP contribution in [0.25, 0.3) is 0 Å². The summed E-state index contributed by atoms with van der Waals surface area (Å²) in [5, 5.41) is 18.1. The minimum Gasteiger partial charge on any atom is -0.394 e. The molecule has 2 bridgehead atoms. The van der Waals surface area contributed by atoms with Gasteiger partial charge in [-0.1, -0.05) is 36.4 Å². The number of nitrogens with zero attached hydrogens (tertiary/aromatic N) is 5. The Morgan fingerprint density at radius 3 is 2.88 bits per heavy atom. The summed E-state index contributed by atoms with van der Waals surface area (Å²) in [6.45, 7) is 9.21. The second-order valence-corrected chi connectivity index (χ2v) is 9.10. The van der Waals surface area contributed by atoms with Crippen LogP contribution in [0.15, 0.2) is 30.5 Å². The molecule has 0 saturated carbocycles. The number of fused-ring (bicyclic) bond motifs is 2. The van der Waals surface area contributed by atoms with Gasteiger partial charge in [0, 0.05) is 38.5 Å². The Hall–Kier alpha value is -2.29. The summed E-state index contributed by atoms with van der Waals surface area (Å²) in [6, 6.07) is 8.18. The topological polar surface area (TPSA) is 83.7 Å². The first-order valence-electron chi connectivity index (χ1n) is 11.5. The van der Waals surface area contributed by atoms with Gasteiger partial charge in [-0.25, -0.2) is 0 Å². The quantitative estimate of drug-likeness (QED) is 0.737. The molecule has 1 aromatic carbocycles. The van der Waals surface area contributed by atoms with E-state index in [-0.39, 0.29) is 30.6 Å². The standard InChI is InChI=1S/C24H37N5O3/c1-18-8-5-6-9-21(18)13-27(4)15-23-19(2)12-29(20(3)16-30)24(31)10-7-11-28-14-22(17-32-23)25-26-28/h5-6,8-9,14,19-20,23,30H,7,10-13,15-17H2,1-4H3/t19-,20-,23-/m1/s1. The monoisotopic (exact) mass is 443 g/mol. The molecule has 0 aliphatic carbocycles. The Balaban J connectivity index is 1.77. The van der Waals surface area contributed by atoms with Gasteiger partial charge >= 0.3 is 0 Å². The molecular formula is C24H37N5O3. The van der Waals surface area contributed by atoms with Crippen molar-refractivity contribution in [1.29, 1.82) is 0 Å². The van der Waals surface area contributed by atoms with Gasteiger partial charge in [0.05, 0.1) is 31.6 Å². The van der Waals surface area contributed by atoms with Gasteiger partial charge in [-0.3, -0.25) is 14.4 Å². The molecule has 2 heterocycles. The normalized spacial score (nSPS) is 21.7. The smallest absolute Gasteiger partial charge is 0.222 e. The third-order valence-corrected chi connectivity index (χ3v) is 6.24. The number of likely N-dealkylation sites (N-methyl/N-ethyl adjacent to an activating group) is 1. The van der Waals surface area contributed by atoms with E-state index in [2.05, 4.69) is 60.4 Å². The first-order chi connectivity index (χ1) is 15.4. The van der Waals surface area contributed by atoms with Crippen molar-refractivity contribution < 1.29 is 14.6 Å². The number of hydrogen-bond acceptors (Lipinski definition) is 6. The fourth-order valence-electron chi connectivity index (χ4n) is 4.14. The lowest BCUT2D eigenvalue weighted by Gasteiger charge is -2.35. The Morgan fingerprint density at radius 1 is 1.34 bits per heavy atom. The van der Waals surface area contributed by atoms with Crippen LogP contribution in [0.2, 0.25) is 0 Å². The second kappa shape index (κ2) is 11.5. The van der Waals surface area contributed by atoms with Gasteiger partial charge in [0.2, 0.25) is 5.91 Å². The highest BCUT2D eigenvalue weighted by molar-refractivity contribution is 5.76. The molecule has 3 rings (SSSR count). The van der Waals surface area contributed by atoms with Crippen molar-refractivity contribution in [2.45, 2.75) is 65.5 Å². The van der Waals surface area contributed by atoms with Gasteiger partial charge in [-0.05, 0) is 38.4 Å². The van der Waals surface area contributed by atoms with Gasteiger partial charge in [-0.2, -0.15) is 0 Å². The molecule has 1 aromatic heterocycles. The summed E-state index contributed by atoms with van der Waals surface area (Å²) in [5.41, 5.74) is 3.37. The van der Waals surface area contributed by atoms with Gasteiger partial charge in [-0.15, -0.1) is 5.10 Å². The molecule has 0 radical (unpaired) electrons. The van der Waals surface area contributed by atoms with Crippen molar-refractivity contribution in [3.8, 4) is 0 Å². The third-order valence-electron chi connectivity index (χ3n) is 6.24. The van der Waals surface area contributed by atoms with Crippen molar-refractivity contribution in [1.82, 2.24) is 24.8 Å². The SMILES string of the molecule is Cc1ccccc1CN(C)C[C@H]1OCc2cn(nn2)CCCC(=O)N([C@H](C)CO)C[C@H]1C. The zero-order chi connectivity index (χ0) is 23.1. The molecule has 1 aliphatic rings. The molecule has 0 saturated heterocycles. The number of aliphatic hydroxyl groups excluding tert-OH is 1. The highest BCUT2D eigenvalue weighted by atomic mass is 16.5. The van der Waals surface area contributed by atoms with E-state index in [0.717, 1.165) is 18.8 Å². The van der Waals surface area contributed by atoms with Gasteiger partial charge in [0.25, 0.3) is 0 Å². The zero-order valence-corrected chi connectivity index (χ0v) is 19.8. The van der Waals surface area contributed by atoms with Crippen molar-refractivity contribution in [2.75, 3.05) is 26.7 Å². The van der Waals surface area contributed by atoms with E-state index in [1.807, 2.05) is 18.0 Å². The molecular weight excluding hydrogens is 406 g/mol. The lowest BCUT2D eigenvalue weighted by Crippen LogP contribution is -2.47. The van der Waals surface area contributed by atoms with Crippen molar-refractivity contribution in [3.05, 3.63) is 47.3 Å². The summed E-state index contributed by atoms with van der Waals surface area (Å²) < 4.78 is 8.11. The molecule has 176 valence electrons. The Kier molecular flexibility index (Phi) is 8.78. The molecule has 1 N–H and O–H groups in total. The number of carbonyl (C=O) groups excluding carboxylic acids is 1. The number of aliphatic hydroxyl groups is 1. The number of benzene rings is 1. The van der Waals surface area contributed by atoms with Gasteiger partial charge in [0.15, 0.2) is 0 Å². The number of amides is 1. The summed E-state index contributed by atoms with van der Waals surface area (Å²) in [7, 11) is 2.10. The largest absolute Gasteiger partial charge is 0.394 e. The molecule has 2 aromatic rings. The third kappa shape index (κ3) is 6.60. The number of ether oxygens (including phenoxy) is 1. The summed E-state index contributed by atoms with van der Waals surface area (Å²) in [4.78, 5) is 17.0. The molecule has 0 fully saturated rings. The van der Waals surface area contributed by atoms with Crippen LogP contribution in [0.1, 0.15) is 43.5 Å². The average molecular weight is 444 g/mol. The van der Waals surface area contributed by atoms with Crippen molar-refractivity contribution in [2.24, 2.45) is 5.92 Å². The summed E-state index contributed by atoms with van der Waals surface area (Å²) >= 11 is 0. The molecule has 0 unspecified atom stereocenters. The lowest BCUT2D eigenvalue weighted by atomic mass is 10.0. The highest BCUT2D eigenvalue weighted by Crippen LogP contribution is 2.18. The number of aryl methyl sites for hydroxylation is 2. The van der Waals surface area contributed by atoms with E-state index in [4.69, 9.17) is 4.74 Å². The predicted molar refractivity (Wildman–Crippen MR) is 123 cm³/mol. The van der Waals surface area contributed by atoms with Crippen LogP contribution in [-0.4, -0.2) is 74.7 Å². The van der Waals surface area contributed by atoms with E-state index in [1.165, 1.54) is 11.1 Å². The van der Waals surface area contributed by atoms with E-state index in [1.54, 1.807) is 4.68 Å². The fraction of sp³-hybridized carbons (Fsp3) is 0.625. The van der Waals surface area contributed by atoms with Gasteiger partial charge in [0.1, 0.15) is 5.69 Å². The summed E-state index contributed by atoms with van der Waals surface area (Å²) in [6.07, 6.45) is 2.91. The van der Waals surface area contributed by atoms with Crippen molar-refractivity contribution >= 4 is 5.91 Å². The zero-order valence-electron chi connectivity index (χ0n) is 19.8. The molecule has 32 heavy (non-hydrogen) atoms. The van der Waals surface area contributed by atoms with Crippen LogP contribution in [0, 0.1) is 12.8 Å². The number of hydrogen-bond donors (Lipinski definition) is 1. The maximum absolute atomic E-state index is 13.0. The van der Waals surface area contributed by atoms with E-state index < -0.39 is 0 Å². The first-order valence-corrected chi connectivity index (χ1v) is 11.5. The van der Waals surface area contributed by atoms with E-state index in [9.17, 15) is 9.90 Å². The lowest BCUT2D eigenvalue weighted by molar-refractivity contribution is -0.136. The molecule has 8 heteroatoms. The fourth-order valence-corrected chi connectivity index (χ4v) is 4.14. The van der Waals surface area contributed by atoms with Crippen LogP contribution in [0.4, 0.5) is 0 Å². The first kappa shape index (κ1) is 24.4. The van der Waals surface area contributed by atoms with Crippen LogP contribution < -0.4 is 0 Å². The van der Waals surface area contributed by atoms with Crippen LogP contribution in [0.3, 0.4) is 0 Å². The van der Waals surface area contributed by atoms with E-state index in [0.29, 0.717) is 32.5 Å². The minimum atomic E-state index is -0.224. The van der Waals surface area contributed by atoms with E-state index >= 15 is 0 Å². The predicted octanol–water partition coefficient (Wildman–Crippen LogP) is 2.24. The molecule has 3 atom stereocenters. The summed E-state index contributed by atoms with van der Waals surface area (Å²) in [5.74, 6) is 0.146. The Labute approximate surface area is 191 Å². The Bertz CT molecular complexity index is 871. The average Bonchev–Trinajstić information content (AvgIpc) is 3.23. The van der Waals surface area contributed by atoms with Crippen LogP contribution >= 0.6 is 0 Å². The van der Waals surface area contributed by atoms with Gasteiger partial charge < -0.3 is 14.7 Å². The molecule has 1 amide bonds. The highest BCUT2D eigenvalue weighted by Gasteiger charge is 2.28. The van der Waals surface area contributed by atoms with Crippen LogP contribution in [0.5, 0.6) is 0 Å². The van der Waals surface area contributed by atoms with Crippen molar-refractivity contribution in [3.63, 3.8) is 0 Å². The Morgan fingerprint density at radius 2 is 2.12 bits per heavy atom. The number of aromatic nitrogens is 3. The second-order valence-electron chi connectivity index (χ2n) is 9.10. The maximum Gasteiger partial charge on any atom is 0.222 e. The number of rotatable bonds is 6. The minimum absolute atomic E-state index is 0.0524. The molecule has 8 nitrogen and oxygen atoms in total. The molecule has 0 spiro atoms.